The fraction of sp³-hybridized carbons (Fsp3) is 0.391. The molecule has 9 heteroatoms. The number of ether oxygens (including phenoxy) is 1. The van der Waals surface area contributed by atoms with Gasteiger partial charge in [0.1, 0.15) is 11.6 Å². The van der Waals surface area contributed by atoms with Gasteiger partial charge >= 0.3 is 5.97 Å². The van der Waals surface area contributed by atoms with Crippen molar-refractivity contribution < 1.29 is 19.4 Å². The molecule has 1 unspecified atom stereocenters. The smallest absolute Gasteiger partial charge is 0.326 e. The molecular weight excluding hydrogens is 475 g/mol. The van der Waals surface area contributed by atoms with Gasteiger partial charge in [-0.1, -0.05) is 62.2 Å². The summed E-state index contributed by atoms with van der Waals surface area (Å²) in [4.78, 5) is 27.2. The molecule has 0 aliphatic carbocycles. The van der Waals surface area contributed by atoms with Crippen molar-refractivity contribution in [3.63, 3.8) is 0 Å². The van der Waals surface area contributed by atoms with Crippen molar-refractivity contribution in [1.82, 2.24) is 0 Å². The zero-order chi connectivity index (χ0) is 23.1. The van der Waals surface area contributed by atoms with Gasteiger partial charge in [-0.2, -0.15) is 0 Å². The minimum atomic E-state index is -1.97. The average Bonchev–Trinajstić information content (AvgIpc) is 2.77. The van der Waals surface area contributed by atoms with Crippen LogP contribution in [0.4, 0.5) is 5.69 Å². The highest BCUT2D eigenvalue weighted by Crippen LogP contribution is 2.43. The maximum Gasteiger partial charge on any atom is 0.326 e. The summed E-state index contributed by atoms with van der Waals surface area (Å²) in [6.07, 6.45) is -2.30. The van der Waals surface area contributed by atoms with Gasteiger partial charge in [0.25, 0.3) is 5.91 Å². The molecule has 0 aromatic heterocycles. The second-order valence-electron chi connectivity index (χ2n) is 9.19. The normalized spacial score (nSPS) is 20.6. The number of carboxylic acids is 1. The Bertz CT molecular complexity index is 1020. The number of rotatable bonds is 4. The van der Waals surface area contributed by atoms with E-state index in [9.17, 15) is 14.7 Å². The second-order valence-corrected chi connectivity index (χ2v) is 10.0. The Balaban J connectivity index is 0.00000363. The Hall–Kier alpha value is -1.83. The zero-order valence-electron chi connectivity index (χ0n) is 18.3. The standard InChI is InChI=1S/C23H26Cl2N2O4.ClH/c1-22(2,3)12-27-17-10-9-13(24)11-15(17)18(14-7-5-6-8-16(14)25)31-19(20(27)28)23(4,26)21(29)30;/h5-11,18-19H,12,26H2,1-4H3,(H,29,30);1H/t18-,19+,23?;/m0./s1. The zero-order valence-corrected chi connectivity index (χ0v) is 20.6. The number of nitrogens with zero attached hydrogens (tertiary/aromatic N) is 1. The molecule has 0 fully saturated rings. The Morgan fingerprint density at radius 2 is 1.75 bits per heavy atom. The van der Waals surface area contributed by atoms with Crippen LogP contribution in [0.5, 0.6) is 0 Å². The number of aliphatic carboxylic acids is 1. The molecule has 2 aromatic rings. The lowest BCUT2D eigenvalue weighted by Gasteiger charge is -2.35. The molecule has 0 bridgehead atoms. The van der Waals surface area contributed by atoms with Gasteiger partial charge in [-0.15, -0.1) is 12.4 Å². The van der Waals surface area contributed by atoms with Gasteiger partial charge < -0.3 is 20.5 Å². The van der Waals surface area contributed by atoms with Crippen molar-refractivity contribution in [2.24, 2.45) is 11.1 Å². The van der Waals surface area contributed by atoms with Gasteiger partial charge in [-0.25, -0.2) is 0 Å². The molecule has 2 aromatic carbocycles. The van der Waals surface area contributed by atoms with E-state index >= 15 is 0 Å². The van der Waals surface area contributed by atoms with Crippen LogP contribution in [-0.2, 0) is 14.3 Å². The molecule has 3 atom stereocenters. The molecule has 1 aliphatic heterocycles. The van der Waals surface area contributed by atoms with Crippen LogP contribution in [0, 0.1) is 5.41 Å². The lowest BCUT2D eigenvalue weighted by Crippen LogP contribution is -2.62. The van der Waals surface area contributed by atoms with E-state index < -0.39 is 29.6 Å². The van der Waals surface area contributed by atoms with E-state index in [2.05, 4.69) is 0 Å². The summed E-state index contributed by atoms with van der Waals surface area (Å²) in [5.41, 5.74) is 5.66. The van der Waals surface area contributed by atoms with Crippen LogP contribution in [-0.4, -0.2) is 35.2 Å². The number of hydrogen-bond acceptors (Lipinski definition) is 4. The summed E-state index contributed by atoms with van der Waals surface area (Å²) in [6.45, 7) is 7.56. The van der Waals surface area contributed by atoms with Gasteiger partial charge in [0.15, 0.2) is 6.10 Å². The Labute approximate surface area is 204 Å². The van der Waals surface area contributed by atoms with E-state index in [1.165, 1.54) is 6.92 Å². The summed E-state index contributed by atoms with van der Waals surface area (Å²) < 4.78 is 6.20. The third-order valence-electron chi connectivity index (χ3n) is 5.15. The van der Waals surface area contributed by atoms with E-state index in [1.54, 1.807) is 47.4 Å². The van der Waals surface area contributed by atoms with Crippen molar-refractivity contribution in [2.75, 3.05) is 11.4 Å². The number of halogens is 3. The van der Waals surface area contributed by atoms with Gasteiger partial charge in [-0.05, 0) is 36.6 Å². The minimum absolute atomic E-state index is 0. The molecule has 1 amide bonds. The van der Waals surface area contributed by atoms with Crippen LogP contribution in [0.15, 0.2) is 42.5 Å². The third-order valence-corrected chi connectivity index (χ3v) is 5.73. The van der Waals surface area contributed by atoms with E-state index in [0.717, 1.165) is 0 Å². The van der Waals surface area contributed by atoms with E-state index in [0.29, 0.717) is 33.4 Å². The number of fused-ring (bicyclic) bond motifs is 1. The monoisotopic (exact) mass is 500 g/mol. The molecule has 0 radical (unpaired) electrons. The van der Waals surface area contributed by atoms with Gasteiger partial charge in [0.2, 0.25) is 0 Å². The van der Waals surface area contributed by atoms with Gasteiger partial charge in [0.05, 0.1) is 0 Å². The molecule has 0 saturated heterocycles. The lowest BCUT2D eigenvalue weighted by atomic mass is 9.92. The molecule has 3 N–H and O–H groups in total. The lowest BCUT2D eigenvalue weighted by molar-refractivity contribution is -0.157. The van der Waals surface area contributed by atoms with Crippen LogP contribution in [0.3, 0.4) is 0 Å². The quantitative estimate of drug-likeness (QED) is 0.609. The Morgan fingerprint density at radius 3 is 2.31 bits per heavy atom. The van der Waals surface area contributed by atoms with Crippen molar-refractivity contribution in [2.45, 2.75) is 45.4 Å². The number of carboxylic acid groups (broad SMARTS) is 1. The van der Waals surface area contributed by atoms with E-state index in [4.69, 9.17) is 33.7 Å². The Morgan fingerprint density at radius 1 is 1.12 bits per heavy atom. The van der Waals surface area contributed by atoms with Gasteiger partial charge in [0, 0.05) is 33.4 Å². The first-order valence-corrected chi connectivity index (χ1v) is 10.6. The number of carbonyl (C=O) groups excluding carboxylic acids is 1. The van der Waals surface area contributed by atoms with Crippen LogP contribution in [0.25, 0.3) is 0 Å². The molecule has 1 aliphatic rings. The van der Waals surface area contributed by atoms with E-state index in [1.807, 2.05) is 20.8 Å². The first-order valence-electron chi connectivity index (χ1n) is 9.86. The van der Waals surface area contributed by atoms with Crippen LogP contribution in [0.2, 0.25) is 10.0 Å². The predicted octanol–water partition coefficient (Wildman–Crippen LogP) is 5.08. The van der Waals surface area contributed by atoms with Crippen molar-refractivity contribution in [3.8, 4) is 0 Å². The van der Waals surface area contributed by atoms with Crippen LogP contribution >= 0.6 is 35.6 Å². The fourth-order valence-electron chi connectivity index (χ4n) is 3.59. The minimum Gasteiger partial charge on any atom is -0.480 e. The number of carbonyl (C=O) groups is 2. The highest BCUT2D eigenvalue weighted by molar-refractivity contribution is 6.31. The number of benzene rings is 2. The molecular formula is C23H27Cl3N2O4. The maximum absolute atomic E-state index is 13.7. The molecule has 6 nitrogen and oxygen atoms in total. The Kier molecular flexibility index (Phi) is 7.91. The summed E-state index contributed by atoms with van der Waals surface area (Å²) >= 11 is 12.8. The third kappa shape index (κ3) is 5.21. The topological polar surface area (TPSA) is 92.9 Å². The molecule has 1 heterocycles. The first-order chi connectivity index (χ1) is 14.3. The first kappa shape index (κ1) is 26.4. The molecule has 32 heavy (non-hydrogen) atoms. The van der Waals surface area contributed by atoms with E-state index in [-0.39, 0.29) is 17.8 Å². The summed E-state index contributed by atoms with van der Waals surface area (Å²) in [6, 6.07) is 12.2. The summed E-state index contributed by atoms with van der Waals surface area (Å²) in [5.74, 6) is -1.87. The van der Waals surface area contributed by atoms with Crippen molar-refractivity contribution in [3.05, 3.63) is 63.6 Å². The average molecular weight is 502 g/mol. The van der Waals surface area contributed by atoms with Crippen LogP contribution < -0.4 is 10.6 Å². The van der Waals surface area contributed by atoms with Crippen LogP contribution in [0.1, 0.15) is 44.9 Å². The highest BCUT2D eigenvalue weighted by Gasteiger charge is 2.49. The fourth-order valence-corrected chi connectivity index (χ4v) is 4.00. The predicted molar refractivity (Wildman–Crippen MR) is 129 cm³/mol. The molecule has 0 spiro atoms. The largest absolute Gasteiger partial charge is 0.480 e. The van der Waals surface area contributed by atoms with Crippen molar-refractivity contribution >= 4 is 53.2 Å². The number of anilines is 1. The molecule has 174 valence electrons. The highest BCUT2D eigenvalue weighted by atomic mass is 35.5. The number of amides is 1. The maximum atomic E-state index is 13.7. The molecule has 3 rings (SSSR count). The molecule has 0 saturated carbocycles. The second kappa shape index (κ2) is 9.57. The SMILES string of the molecule is CC(C)(C)CN1C(=O)[C@H](C(C)(N)C(=O)O)O[C@@H](c2ccccc2Cl)c2cc(Cl)ccc21.Cl. The summed E-state index contributed by atoms with van der Waals surface area (Å²) in [5, 5.41) is 10.6. The van der Waals surface area contributed by atoms with Crippen molar-refractivity contribution in [1.29, 1.82) is 0 Å². The van der Waals surface area contributed by atoms with Gasteiger partial charge in [-0.3, -0.25) is 9.59 Å². The number of hydrogen-bond donors (Lipinski definition) is 2. The number of nitrogens with two attached hydrogens (primary N) is 1. The summed E-state index contributed by atoms with van der Waals surface area (Å²) in [7, 11) is 0.